The Kier molecular flexibility index (Phi) is 9.20. The second kappa shape index (κ2) is 11.6. The molecule has 0 aliphatic rings. The Hall–Kier alpha value is -2.15. The van der Waals surface area contributed by atoms with Crippen LogP contribution >= 0.6 is 23.8 Å². The Balaban J connectivity index is 1.77. The van der Waals surface area contributed by atoms with Gasteiger partial charge in [0.2, 0.25) is 0 Å². The molecule has 0 fully saturated rings. The minimum Gasteiger partial charge on any atom is -0.461 e. The van der Waals surface area contributed by atoms with E-state index in [1.165, 1.54) is 0 Å². The molecule has 0 heterocycles. The molecule has 2 aromatic rings. The van der Waals surface area contributed by atoms with E-state index in [-0.39, 0.29) is 5.97 Å². The maximum Gasteiger partial charge on any atom is 0.338 e. The van der Waals surface area contributed by atoms with E-state index in [1.54, 1.807) is 24.3 Å². The summed E-state index contributed by atoms with van der Waals surface area (Å²) in [6.07, 6.45) is 0. The molecule has 0 aliphatic heterocycles. The van der Waals surface area contributed by atoms with Crippen molar-refractivity contribution < 1.29 is 9.53 Å². The highest BCUT2D eigenvalue weighted by molar-refractivity contribution is 7.80. The third-order valence-corrected chi connectivity index (χ3v) is 4.78. The van der Waals surface area contributed by atoms with E-state index in [4.69, 9.17) is 28.6 Å². The largest absolute Gasteiger partial charge is 0.461 e. The lowest BCUT2D eigenvalue weighted by Gasteiger charge is -2.17. The van der Waals surface area contributed by atoms with Gasteiger partial charge in [0.25, 0.3) is 0 Å². The second-order valence-electron chi connectivity index (χ2n) is 6.17. The van der Waals surface area contributed by atoms with Gasteiger partial charge in [-0.2, -0.15) is 0 Å². The molecule has 5 nitrogen and oxygen atoms in total. The molecule has 0 radical (unpaired) electrons. The summed E-state index contributed by atoms with van der Waals surface area (Å²) in [5, 5.41) is 7.44. The van der Waals surface area contributed by atoms with Crippen LogP contribution in [0, 0.1) is 0 Å². The summed E-state index contributed by atoms with van der Waals surface area (Å²) in [5.74, 6) is -0.317. The van der Waals surface area contributed by atoms with Gasteiger partial charge in [0, 0.05) is 23.8 Å². The highest BCUT2D eigenvalue weighted by atomic mass is 35.5. The second-order valence-corrected chi connectivity index (χ2v) is 7.02. The van der Waals surface area contributed by atoms with E-state index in [0.717, 1.165) is 30.9 Å². The first-order valence-corrected chi connectivity index (χ1v) is 10.1. The molecule has 2 N–H and O–H groups in total. The summed E-state index contributed by atoms with van der Waals surface area (Å²) in [5.41, 5.74) is 2.40. The number of likely N-dealkylation sites (N-methyl/N-ethyl adjacent to an activating group) is 1. The molecule has 2 aromatic carbocycles. The number of thiocarbonyl (C=S) groups is 1. The van der Waals surface area contributed by atoms with E-state index in [9.17, 15) is 4.79 Å². The maximum absolute atomic E-state index is 12.1. The lowest BCUT2D eigenvalue weighted by atomic mass is 10.2. The summed E-state index contributed by atoms with van der Waals surface area (Å²) in [4.78, 5) is 14.3. The van der Waals surface area contributed by atoms with Gasteiger partial charge in [-0.15, -0.1) is 0 Å². The van der Waals surface area contributed by atoms with E-state index in [1.807, 2.05) is 24.3 Å². The molecular formula is C21H26ClN3O2S. The molecule has 0 amide bonds. The quantitative estimate of drug-likeness (QED) is 0.466. The van der Waals surface area contributed by atoms with Gasteiger partial charge in [-0.05, 0) is 67.3 Å². The highest BCUT2D eigenvalue weighted by Gasteiger charge is 2.08. The Morgan fingerprint density at radius 3 is 2.32 bits per heavy atom. The van der Waals surface area contributed by atoms with Gasteiger partial charge < -0.3 is 20.3 Å². The fourth-order valence-corrected chi connectivity index (χ4v) is 2.86. The average Bonchev–Trinajstić information content (AvgIpc) is 2.71. The Morgan fingerprint density at radius 2 is 1.71 bits per heavy atom. The van der Waals surface area contributed by atoms with Crippen LogP contribution in [0.4, 0.5) is 5.69 Å². The number of halogens is 1. The number of nitrogens with zero attached hydrogens (tertiary/aromatic N) is 1. The zero-order chi connectivity index (χ0) is 20.4. The monoisotopic (exact) mass is 419 g/mol. The molecule has 0 spiro atoms. The van der Waals surface area contributed by atoms with Crippen molar-refractivity contribution in [3.8, 4) is 0 Å². The number of benzene rings is 2. The van der Waals surface area contributed by atoms with Crippen molar-refractivity contribution in [2.24, 2.45) is 0 Å². The fourth-order valence-electron chi connectivity index (χ4n) is 2.54. The van der Waals surface area contributed by atoms with Gasteiger partial charge in [0.15, 0.2) is 5.11 Å². The molecule has 0 saturated carbocycles. The molecule has 2 rings (SSSR count). The van der Waals surface area contributed by atoms with Crippen LogP contribution < -0.4 is 10.6 Å². The topological polar surface area (TPSA) is 53.6 Å². The van der Waals surface area contributed by atoms with Crippen molar-refractivity contribution in [3.63, 3.8) is 0 Å². The first-order chi connectivity index (χ1) is 13.5. The Bertz CT molecular complexity index is 762. The highest BCUT2D eigenvalue weighted by Crippen LogP contribution is 2.12. The van der Waals surface area contributed by atoms with E-state index < -0.39 is 0 Å². The summed E-state index contributed by atoms with van der Waals surface area (Å²) in [6.45, 7) is 7.80. The molecule has 0 atom stereocenters. The smallest absolute Gasteiger partial charge is 0.338 e. The van der Waals surface area contributed by atoms with Crippen molar-refractivity contribution in [1.29, 1.82) is 0 Å². The van der Waals surface area contributed by atoms with Gasteiger partial charge in [-0.3, -0.25) is 0 Å². The van der Waals surface area contributed by atoms with E-state index in [0.29, 0.717) is 28.9 Å². The van der Waals surface area contributed by atoms with Crippen LogP contribution in [0.15, 0.2) is 48.5 Å². The predicted octanol–water partition coefficient (Wildman–Crippen LogP) is 4.33. The molecule has 0 aliphatic carbocycles. The molecule has 0 unspecified atom stereocenters. The van der Waals surface area contributed by atoms with Gasteiger partial charge >= 0.3 is 5.97 Å². The summed E-state index contributed by atoms with van der Waals surface area (Å²) in [6, 6.07) is 14.6. The lowest BCUT2D eigenvalue weighted by Crippen LogP contribution is -2.28. The van der Waals surface area contributed by atoms with Crippen molar-refractivity contribution in [2.75, 3.05) is 31.6 Å². The number of ether oxygens (including phenoxy) is 1. The molecule has 7 heteroatoms. The molecule has 0 saturated heterocycles. The summed E-state index contributed by atoms with van der Waals surface area (Å²) >= 11 is 11.2. The molecule has 0 aromatic heterocycles. The predicted molar refractivity (Wildman–Crippen MR) is 119 cm³/mol. The first kappa shape index (κ1) is 22.1. The van der Waals surface area contributed by atoms with Crippen LogP contribution in [-0.2, 0) is 11.3 Å². The fraction of sp³-hybridized carbons (Fsp3) is 0.333. The number of anilines is 1. The third-order valence-electron chi connectivity index (χ3n) is 4.28. The third kappa shape index (κ3) is 7.46. The number of hydrogen-bond donors (Lipinski definition) is 2. The van der Waals surface area contributed by atoms with Crippen LogP contribution in [-0.4, -0.2) is 42.2 Å². The number of hydrogen-bond acceptors (Lipinski definition) is 4. The molecular weight excluding hydrogens is 394 g/mol. The standard InChI is InChI=1S/C21H26ClN3O2S/c1-3-25(4-2)13-14-27-20(26)17-7-11-19(12-8-17)24-21(28)23-15-16-5-9-18(22)10-6-16/h5-12H,3-4,13-15H2,1-2H3,(H2,23,24,28). The minimum absolute atomic E-state index is 0.317. The first-order valence-electron chi connectivity index (χ1n) is 9.30. The number of rotatable bonds is 9. The number of esters is 1. The minimum atomic E-state index is -0.317. The van der Waals surface area contributed by atoms with Crippen LogP contribution in [0.2, 0.25) is 5.02 Å². The van der Waals surface area contributed by atoms with Crippen LogP contribution in [0.1, 0.15) is 29.8 Å². The zero-order valence-corrected chi connectivity index (χ0v) is 17.8. The van der Waals surface area contributed by atoms with Gasteiger partial charge in [-0.25, -0.2) is 4.79 Å². The Morgan fingerprint density at radius 1 is 1.07 bits per heavy atom. The molecule has 28 heavy (non-hydrogen) atoms. The Labute approximate surface area is 177 Å². The lowest BCUT2D eigenvalue weighted by molar-refractivity contribution is 0.0466. The van der Waals surface area contributed by atoms with Crippen LogP contribution in [0.3, 0.4) is 0 Å². The van der Waals surface area contributed by atoms with Crippen molar-refractivity contribution >= 4 is 40.6 Å². The van der Waals surface area contributed by atoms with Crippen molar-refractivity contribution in [1.82, 2.24) is 10.2 Å². The van der Waals surface area contributed by atoms with Crippen molar-refractivity contribution in [2.45, 2.75) is 20.4 Å². The van der Waals surface area contributed by atoms with Gasteiger partial charge in [-0.1, -0.05) is 37.6 Å². The van der Waals surface area contributed by atoms with Crippen LogP contribution in [0.25, 0.3) is 0 Å². The van der Waals surface area contributed by atoms with E-state index in [2.05, 4.69) is 29.4 Å². The van der Waals surface area contributed by atoms with Gasteiger partial charge in [0.05, 0.1) is 5.56 Å². The molecule has 0 bridgehead atoms. The van der Waals surface area contributed by atoms with Gasteiger partial charge in [0.1, 0.15) is 6.61 Å². The number of nitrogens with one attached hydrogen (secondary N) is 2. The summed E-state index contributed by atoms with van der Waals surface area (Å²) < 4.78 is 5.33. The number of carbonyl (C=O) groups is 1. The normalized spacial score (nSPS) is 10.6. The maximum atomic E-state index is 12.1. The SMILES string of the molecule is CCN(CC)CCOC(=O)c1ccc(NC(=S)NCc2ccc(Cl)cc2)cc1. The average molecular weight is 420 g/mol. The molecule has 150 valence electrons. The van der Waals surface area contributed by atoms with Crippen LogP contribution in [0.5, 0.6) is 0 Å². The van der Waals surface area contributed by atoms with Crippen molar-refractivity contribution in [3.05, 3.63) is 64.7 Å². The van der Waals surface area contributed by atoms with E-state index >= 15 is 0 Å². The summed E-state index contributed by atoms with van der Waals surface area (Å²) in [7, 11) is 0. The zero-order valence-electron chi connectivity index (χ0n) is 16.2. The number of carbonyl (C=O) groups excluding carboxylic acids is 1.